The standard InChI is InChI=1S/C16H14F2N2O4S/c1-9(25-11-4-5-12(17)13(18)8-11)16(21)19-14-6-3-10(20(22)23)7-15(14)24-2/h3-9H,1-2H3,(H,19,21)/t9-/m1/s1. The van der Waals surface area contributed by atoms with Crippen LogP contribution in [0, 0.1) is 21.7 Å². The van der Waals surface area contributed by atoms with Gasteiger partial charge in [0.05, 0.1) is 29.0 Å². The van der Waals surface area contributed by atoms with E-state index in [9.17, 15) is 23.7 Å². The molecule has 6 nitrogen and oxygen atoms in total. The quantitative estimate of drug-likeness (QED) is 0.473. The molecule has 0 aliphatic rings. The van der Waals surface area contributed by atoms with E-state index in [0.717, 1.165) is 23.9 Å². The summed E-state index contributed by atoms with van der Waals surface area (Å²) in [4.78, 5) is 22.9. The van der Waals surface area contributed by atoms with Gasteiger partial charge in [-0.15, -0.1) is 11.8 Å². The molecule has 2 rings (SSSR count). The van der Waals surface area contributed by atoms with E-state index in [1.807, 2.05) is 0 Å². The average Bonchev–Trinajstić information content (AvgIpc) is 2.58. The van der Waals surface area contributed by atoms with Crippen molar-refractivity contribution in [2.45, 2.75) is 17.1 Å². The average molecular weight is 368 g/mol. The highest BCUT2D eigenvalue weighted by atomic mass is 32.2. The lowest BCUT2D eigenvalue weighted by Gasteiger charge is -2.14. The van der Waals surface area contributed by atoms with Crippen LogP contribution in [0.25, 0.3) is 0 Å². The van der Waals surface area contributed by atoms with E-state index in [4.69, 9.17) is 4.74 Å². The third-order valence-electron chi connectivity index (χ3n) is 3.23. The summed E-state index contributed by atoms with van der Waals surface area (Å²) < 4.78 is 31.2. The highest BCUT2D eigenvalue weighted by Gasteiger charge is 2.18. The molecule has 0 bridgehead atoms. The summed E-state index contributed by atoms with van der Waals surface area (Å²) in [6.07, 6.45) is 0. The first-order chi connectivity index (χ1) is 11.8. The predicted molar refractivity (Wildman–Crippen MR) is 90.0 cm³/mol. The Morgan fingerprint density at radius 1 is 1.24 bits per heavy atom. The van der Waals surface area contributed by atoms with E-state index >= 15 is 0 Å². The minimum absolute atomic E-state index is 0.146. The maximum atomic E-state index is 13.2. The Bertz CT molecular complexity index is 817. The van der Waals surface area contributed by atoms with Gasteiger partial charge in [0.2, 0.25) is 5.91 Å². The number of nitrogens with one attached hydrogen (secondary N) is 1. The van der Waals surface area contributed by atoms with Gasteiger partial charge in [0.15, 0.2) is 11.6 Å². The number of non-ortho nitro benzene ring substituents is 1. The largest absolute Gasteiger partial charge is 0.494 e. The van der Waals surface area contributed by atoms with Crippen LogP contribution in [0.3, 0.4) is 0 Å². The van der Waals surface area contributed by atoms with Crippen LogP contribution in [0.15, 0.2) is 41.3 Å². The Kier molecular flexibility index (Phi) is 5.92. The molecule has 1 atom stereocenters. The number of thioether (sulfide) groups is 1. The van der Waals surface area contributed by atoms with Gasteiger partial charge >= 0.3 is 0 Å². The Morgan fingerprint density at radius 2 is 1.96 bits per heavy atom. The first-order valence-corrected chi connectivity index (χ1v) is 7.94. The zero-order valence-electron chi connectivity index (χ0n) is 13.3. The van der Waals surface area contributed by atoms with Crippen LogP contribution in [0.5, 0.6) is 5.75 Å². The second kappa shape index (κ2) is 7.93. The lowest BCUT2D eigenvalue weighted by atomic mass is 10.2. The number of nitro groups is 1. The molecule has 132 valence electrons. The molecule has 0 unspecified atom stereocenters. The van der Waals surface area contributed by atoms with Crippen molar-refractivity contribution in [2.24, 2.45) is 0 Å². The van der Waals surface area contributed by atoms with Crippen LogP contribution in [-0.4, -0.2) is 23.2 Å². The maximum absolute atomic E-state index is 13.2. The van der Waals surface area contributed by atoms with Crippen molar-refractivity contribution in [2.75, 3.05) is 12.4 Å². The van der Waals surface area contributed by atoms with E-state index in [0.29, 0.717) is 4.90 Å². The second-order valence-corrected chi connectivity index (χ2v) is 6.38. The van der Waals surface area contributed by atoms with Crippen molar-refractivity contribution in [1.82, 2.24) is 0 Å². The fraction of sp³-hybridized carbons (Fsp3) is 0.188. The molecule has 0 saturated heterocycles. The summed E-state index contributed by atoms with van der Waals surface area (Å²) in [6.45, 7) is 1.60. The number of amides is 1. The van der Waals surface area contributed by atoms with E-state index in [1.54, 1.807) is 6.92 Å². The SMILES string of the molecule is COc1cc([N+](=O)[O-])ccc1NC(=O)[C@@H](C)Sc1ccc(F)c(F)c1. The maximum Gasteiger partial charge on any atom is 0.273 e. The van der Waals surface area contributed by atoms with Gasteiger partial charge in [0.1, 0.15) is 5.75 Å². The molecule has 9 heteroatoms. The monoisotopic (exact) mass is 368 g/mol. The third-order valence-corrected chi connectivity index (χ3v) is 4.32. The smallest absolute Gasteiger partial charge is 0.273 e. The molecule has 1 N–H and O–H groups in total. The second-order valence-electron chi connectivity index (χ2n) is 4.97. The lowest BCUT2D eigenvalue weighted by molar-refractivity contribution is -0.384. The summed E-state index contributed by atoms with van der Waals surface area (Å²) in [5.74, 6) is -2.22. The minimum atomic E-state index is -0.991. The first kappa shape index (κ1) is 18.7. The fourth-order valence-corrected chi connectivity index (χ4v) is 2.83. The van der Waals surface area contributed by atoms with Crippen LogP contribution >= 0.6 is 11.8 Å². The number of carbonyl (C=O) groups is 1. The first-order valence-electron chi connectivity index (χ1n) is 7.07. The number of anilines is 1. The van der Waals surface area contributed by atoms with Gasteiger partial charge in [-0.1, -0.05) is 0 Å². The number of hydrogen-bond acceptors (Lipinski definition) is 5. The van der Waals surface area contributed by atoms with Gasteiger partial charge in [-0.3, -0.25) is 14.9 Å². The number of halogens is 2. The highest BCUT2D eigenvalue weighted by molar-refractivity contribution is 8.00. The Balaban J connectivity index is 2.10. The zero-order chi connectivity index (χ0) is 18.6. The van der Waals surface area contributed by atoms with Crippen molar-refractivity contribution < 1.29 is 23.2 Å². The predicted octanol–water partition coefficient (Wildman–Crippen LogP) is 4.00. The number of ether oxygens (including phenoxy) is 1. The number of hydrogen-bond donors (Lipinski definition) is 1. The molecule has 2 aromatic rings. The summed E-state index contributed by atoms with van der Waals surface area (Å²) >= 11 is 1.05. The molecule has 2 aromatic carbocycles. The van der Waals surface area contributed by atoms with Gasteiger partial charge in [-0.25, -0.2) is 8.78 Å². The minimum Gasteiger partial charge on any atom is -0.494 e. The molecule has 1 amide bonds. The summed E-state index contributed by atoms with van der Waals surface area (Å²) in [7, 11) is 1.33. The zero-order valence-corrected chi connectivity index (χ0v) is 14.1. The van der Waals surface area contributed by atoms with Crippen LogP contribution in [-0.2, 0) is 4.79 Å². The van der Waals surface area contributed by atoms with Crippen LogP contribution < -0.4 is 10.1 Å². The normalized spacial score (nSPS) is 11.7. The molecule has 0 spiro atoms. The molecular formula is C16H14F2N2O4S. The number of carbonyl (C=O) groups excluding carboxylic acids is 1. The van der Waals surface area contributed by atoms with E-state index in [1.165, 1.54) is 31.4 Å². The third kappa shape index (κ3) is 4.66. The number of nitro benzene ring substituents is 1. The molecule has 0 aliphatic heterocycles. The summed E-state index contributed by atoms with van der Waals surface area (Å²) in [6, 6.07) is 7.18. The topological polar surface area (TPSA) is 81.5 Å². The van der Waals surface area contributed by atoms with Crippen LogP contribution in [0.4, 0.5) is 20.2 Å². The highest BCUT2D eigenvalue weighted by Crippen LogP contribution is 2.31. The number of benzene rings is 2. The molecule has 0 aromatic heterocycles. The van der Waals surface area contributed by atoms with Gasteiger partial charge in [0.25, 0.3) is 5.69 Å². The van der Waals surface area contributed by atoms with Gasteiger partial charge < -0.3 is 10.1 Å². The fourth-order valence-electron chi connectivity index (χ4n) is 1.94. The number of methoxy groups -OCH3 is 1. The molecule has 0 heterocycles. The Labute approximate surface area is 146 Å². The molecular weight excluding hydrogens is 354 g/mol. The van der Waals surface area contributed by atoms with Crippen molar-refractivity contribution in [3.05, 3.63) is 58.1 Å². The molecule has 0 radical (unpaired) electrons. The Hall–Kier alpha value is -2.68. The van der Waals surface area contributed by atoms with E-state index in [2.05, 4.69) is 5.32 Å². The summed E-state index contributed by atoms with van der Waals surface area (Å²) in [5, 5.41) is 12.7. The van der Waals surface area contributed by atoms with Crippen molar-refractivity contribution in [3.8, 4) is 5.75 Å². The summed E-state index contributed by atoms with van der Waals surface area (Å²) in [5.41, 5.74) is 0.106. The molecule has 25 heavy (non-hydrogen) atoms. The lowest BCUT2D eigenvalue weighted by Crippen LogP contribution is -2.22. The van der Waals surface area contributed by atoms with Crippen molar-refractivity contribution >= 4 is 29.0 Å². The molecule has 0 saturated carbocycles. The van der Waals surface area contributed by atoms with Gasteiger partial charge in [-0.2, -0.15) is 0 Å². The molecule has 0 fully saturated rings. The van der Waals surface area contributed by atoms with E-state index in [-0.39, 0.29) is 17.1 Å². The van der Waals surface area contributed by atoms with Crippen LogP contribution in [0.1, 0.15) is 6.92 Å². The number of nitrogens with zero attached hydrogens (tertiary/aromatic N) is 1. The Morgan fingerprint density at radius 3 is 2.56 bits per heavy atom. The van der Waals surface area contributed by atoms with Crippen molar-refractivity contribution in [3.63, 3.8) is 0 Å². The van der Waals surface area contributed by atoms with E-state index < -0.39 is 27.7 Å². The van der Waals surface area contributed by atoms with Gasteiger partial charge in [0, 0.05) is 11.0 Å². The van der Waals surface area contributed by atoms with Crippen LogP contribution in [0.2, 0.25) is 0 Å². The molecule has 0 aliphatic carbocycles. The van der Waals surface area contributed by atoms with Gasteiger partial charge in [-0.05, 0) is 31.2 Å². The number of rotatable bonds is 6. The van der Waals surface area contributed by atoms with Crippen molar-refractivity contribution in [1.29, 1.82) is 0 Å².